The van der Waals surface area contributed by atoms with E-state index in [2.05, 4.69) is 20.7 Å². The summed E-state index contributed by atoms with van der Waals surface area (Å²) in [5.74, 6) is -0.673. The molecule has 1 aliphatic rings. The van der Waals surface area contributed by atoms with Gasteiger partial charge >= 0.3 is 0 Å². The molecule has 2 amide bonds. The van der Waals surface area contributed by atoms with E-state index in [4.69, 9.17) is 32.4 Å². The number of nitrogens with one attached hydrogen (secondary N) is 4. The van der Waals surface area contributed by atoms with Gasteiger partial charge < -0.3 is 25.1 Å². The molecule has 0 atom stereocenters. The minimum absolute atomic E-state index is 0.0172. The van der Waals surface area contributed by atoms with E-state index in [9.17, 15) is 18.0 Å². The summed E-state index contributed by atoms with van der Waals surface area (Å²) in [7, 11) is -3.72. The van der Waals surface area contributed by atoms with Crippen LogP contribution in [-0.2, 0) is 14.8 Å². The van der Waals surface area contributed by atoms with Crippen LogP contribution in [0.4, 0.5) is 0 Å². The van der Waals surface area contributed by atoms with Gasteiger partial charge in [-0.2, -0.15) is 0 Å². The van der Waals surface area contributed by atoms with Crippen LogP contribution >= 0.6 is 23.2 Å². The van der Waals surface area contributed by atoms with Gasteiger partial charge in [0.25, 0.3) is 11.9 Å². The molecular weight excluding hydrogens is 567 g/mol. The molecule has 0 bridgehead atoms. The van der Waals surface area contributed by atoms with E-state index in [1.54, 1.807) is 30.3 Å². The van der Waals surface area contributed by atoms with Crippen LogP contribution in [0.1, 0.15) is 29.0 Å². The van der Waals surface area contributed by atoms with Gasteiger partial charge in [-0.25, -0.2) is 13.1 Å². The molecule has 0 spiro atoms. The number of rotatable bonds is 10. The second-order valence-corrected chi connectivity index (χ2v) is 11.7. The molecule has 2 aromatic carbocycles. The maximum Gasteiger partial charge on any atom is 0.290 e. The van der Waals surface area contributed by atoms with E-state index >= 15 is 0 Å². The lowest BCUT2D eigenvalue weighted by Crippen LogP contribution is -2.63. The van der Waals surface area contributed by atoms with E-state index in [-0.39, 0.29) is 29.7 Å². The second kappa shape index (κ2) is 12.4. The third-order valence-corrected chi connectivity index (χ3v) is 8.05. The van der Waals surface area contributed by atoms with Crippen LogP contribution in [0.2, 0.25) is 10.0 Å². The fraction of sp³-hybridized carbons (Fsp3) is 0.308. The van der Waals surface area contributed by atoms with Crippen molar-refractivity contribution in [3.05, 3.63) is 76.0 Å². The van der Waals surface area contributed by atoms with Crippen LogP contribution in [0.15, 0.2) is 63.9 Å². The summed E-state index contributed by atoms with van der Waals surface area (Å²) in [6, 6.07) is 14.0. The van der Waals surface area contributed by atoms with Crippen molar-refractivity contribution in [3.63, 3.8) is 0 Å². The summed E-state index contributed by atoms with van der Waals surface area (Å²) in [5, 5.41) is 9.48. The Balaban J connectivity index is 1.36. The first kappa shape index (κ1) is 28.9. The molecule has 1 saturated heterocycles. The Labute approximate surface area is 236 Å². The van der Waals surface area contributed by atoms with E-state index in [0.29, 0.717) is 41.7 Å². The molecule has 10 nitrogen and oxygen atoms in total. The topological polar surface area (TPSA) is 139 Å². The van der Waals surface area contributed by atoms with Crippen molar-refractivity contribution in [2.45, 2.75) is 30.2 Å². The highest BCUT2D eigenvalue weighted by molar-refractivity contribution is 7.89. The average molecular weight is 596 g/mol. The molecule has 4 rings (SSSR count). The van der Waals surface area contributed by atoms with Gasteiger partial charge in [-0.15, -0.1) is 0 Å². The lowest BCUT2D eigenvalue weighted by atomic mass is 9.87. The van der Waals surface area contributed by atoms with Crippen molar-refractivity contribution in [1.29, 1.82) is 0 Å². The number of sulfonamides is 1. The first-order chi connectivity index (χ1) is 18.6. The molecule has 0 radical (unpaired) electrons. The number of amides is 2. The van der Waals surface area contributed by atoms with Crippen LogP contribution in [0.3, 0.4) is 0 Å². The number of hydrogen-bond donors (Lipinski definition) is 4. The Hall–Kier alpha value is -3.09. The summed E-state index contributed by atoms with van der Waals surface area (Å²) in [6.45, 7) is 2.91. The number of benzene rings is 2. The average Bonchev–Trinajstić information content (AvgIpc) is 3.35. The number of carbonyl (C=O) groups excluding carboxylic acids is 2. The monoisotopic (exact) mass is 594 g/mol. The van der Waals surface area contributed by atoms with E-state index in [0.717, 1.165) is 5.56 Å². The molecule has 1 fully saturated rings. The normalized spacial score (nSPS) is 14.9. The molecule has 13 heteroatoms. The van der Waals surface area contributed by atoms with Crippen molar-refractivity contribution >= 4 is 45.0 Å². The van der Waals surface area contributed by atoms with Crippen molar-refractivity contribution in [3.8, 4) is 11.7 Å². The van der Waals surface area contributed by atoms with Crippen LogP contribution in [0, 0.1) is 6.92 Å². The van der Waals surface area contributed by atoms with Gasteiger partial charge in [-0.3, -0.25) is 9.59 Å². The van der Waals surface area contributed by atoms with Gasteiger partial charge in [0.2, 0.25) is 15.9 Å². The Morgan fingerprint density at radius 1 is 1.00 bits per heavy atom. The third kappa shape index (κ3) is 7.52. The summed E-state index contributed by atoms with van der Waals surface area (Å²) >= 11 is 12.0. The Bertz CT molecular complexity index is 1420. The summed E-state index contributed by atoms with van der Waals surface area (Å²) in [4.78, 5) is 26.4. The van der Waals surface area contributed by atoms with Gasteiger partial charge in [0.05, 0.1) is 4.90 Å². The van der Waals surface area contributed by atoms with Crippen LogP contribution < -0.4 is 25.4 Å². The lowest BCUT2D eigenvalue weighted by molar-refractivity contribution is -0.128. The van der Waals surface area contributed by atoms with E-state index < -0.39 is 27.4 Å². The number of halogens is 2. The van der Waals surface area contributed by atoms with Crippen LogP contribution in [0.25, 0.3) is 0 Å². The Kier molecular flexibility index (Phi) is 9.19. The maximum atomic E-state index is 13.2. The summed E-state index contributed by atoms with van der Waals surface area (Å²) in [5.41, 5.74) is -0.258. The van der Waals surface area contributed by atoms with Crippen molar-refractivity contribution < 1.29 is 27.2 Å². The lowest BCUT2D eigenvalue weighted by Gasteiger charge is -2.36. The molecule has 0 aliphatic carbocycles. The third-order valence-electron chi connectivity index (χ3n) is 6.14. The fourth-order valence-electron chi connectivity index (χ4n) is 4.07. The largest absolute Gasteiger partial charge is 0.426 e. The quantitative estimate of drug-likeness (QED) is 0.263. The van der Waals surface area contributed by atoms with Gasteiger partial charge in [-0.1, -0.05) is 40.9 Å². The standard InChI is InChI=1S/C26H28Cl2N4O6S/c1-17-2-4-21(5-3-17)39(35,36)31-13-12-30-25(34)26(8-10-29-11-9-26)32-24(33)22-6-7-23(38-22)37-20-15-18(27)14-19(28)16-20/h2-7,14-16,29,31H,8-13H2,1H3,(H,30,34)(H,32,33). The van der Waals surface area contributed by atoms with E-state index in [1.807, 2.05) is 6.92 Å². The molecule has 0 unspecified atom stereocenters. The number of aryl methyl sites for hydroxylation is 1. The number of ether oxygens (including phenoxy) is 1. The smallest absolute Gasteiger partial charge is 0.290 e. The van der Waals surface area contributed by atoms with Gasteiger partial charge in [0, 0.05) is 29.2 Å². The Morgan fingerprint density at radius 3 is 2.33 bits per heavy atom. The highest BCUT2D eigenvalue weighted by Crippen LogP contribution is 2.30. The number of carbonyl (C=O) groups is 2. The predicted molar refractivity (Wildman–Crippen MR) is 147 cm³/mol. The zero-order chi connectivity index (χ0) is 28.0. The summed E-state index contributed by atoms with van der Waals surface area (Å²) in [6.07, 6.45) is 0.676. The van der Waals surface area contributed by atoms with Crippen LogP contribution in [0.5, 0.6) is 11.7 Å². The predicted octanol–water partition coefficient (Wildman–Crippen LogP) is 3.63. The van der Waals surface area contributed by atoms with Gasteiger partial charge in [-0.05, 0) is 69.3 Å². The van der Waals surface area contributed by atoms with Crippen LogP contribution in [-0.4, -0.2) is 52.0 Å². The number of piperidine rings is 1. The van der Waals surface area contributed by atoms with E-state index in [1.165, 1.54) is 24.3 Å². The molecule has 3 aromatic rings. The minimum atomic E-state index is -3.72. The molecular formula is C26H28Cl2N4O6S. The highest BCUT2D eigenvalue weighted by Gasteiger charge is 2.41. The zero-order valence-electron chi connectivity index (χ0n) is 21.1. The molecule has 1 aromatic heterocycles. The molecule has 4 N–H and O–H groups in total. The van der Waals surface area contributed by atoms with Crippen molar-refractivity contribution in [2.24, 2.45) is 0 Å². The minimum Gasteiger partial charge on any atom is -0.426 e. The first-order valence-corrected chi connectivity index (χ1v) is 14.4. The fourth-order valence-corrected chi connectivity index (χ4v) is 5.61. The molecule has 0 saturated carbocycles. The molecule has 208 valence electrons. The maximum absolute atomic E-state index is 13.2. The molecule has 39 heavy (non-hydrogen) atoms. The zero-order valence-corrected chi connectivity index (χ0v) is 23.4. The Morgan fingerprint density at radius 2 is 1.67 bits per heavy atom. The highest BCUT2D eigenvalue weighted by atomic mass is 35.5. The van der Waals surface area contributed by atoms with Crippen molar-refractivity contribution in [1.82, 2.24) is 20.7 Å². The first-order valence-electron chi connectivity index (χ1n) is 12.2. The number of hydrogen-bond acceptors (Lipinski definition) is 7. The molecule has 1 aliphatic heterocycles. The van der Waals surface area contributed by atoms with Gasteiger partial charge in [0.15, 0.2) is 5.76 Å². The van der Waals surface area contributed by atoms with Gasteiger partial charge in [0.1, 0.15) is 11.3 Å². The second-order valence-electron chi connectivity index (χ2n) is 9.08. The summed E-state index contributed by atoms with van der Waals surface area (Å²) < 4.78 is 38.6. The number of furan rings is 1. The SMILES string of the molecule is Cc1ccc(S(=O)(=O)NCCNC(=O)C2(NC(=O)c3ccc(Oc4cc(Cl)cc(Cl)c4)o3)CCNCC2)cc1. The van der Waals surface area contributed by atoms with Crippen molar-refractivity contribution in [2.75, 3.05) is 26.2 Å². The molecule has 2 heterocycles.